The van der Waals surface area contributed by atoms with Gasteiger partial charge in [-0.05, 0) is 30.2 Å². The average Bonchev–Trinajstić information content (AvgIpc) is 2.53. The minimum atomic E-state index is 0.323. The van der Waals surface area contributed by atoms with Crippen LogP contribution in [-0.2, 0) is 0 Å². The molecule has 0 unspecified atom stereocenters. The molecule has 21 heavy (non-hydrogen) atoms. The van der Waals surface area contributed by atoms with Gasteiger partial charge < -0.3 is 15.0 Å². The molecule has 0 bridgehead atoms. The predicted molar refractivity (Wildman–Crippen MR) is 86.7 cm³/mol. The van der Waals surface area contributed by atoms with E-state index in [9.17, 15) is 0 Å². The first-order valence-corrected chi connectivity index (χ1v) is 6.99. The second kappa shape index (κ2) is 6.43. The van der Waals surface area contributed by atoms with Crippen LogP contribution in [-0.4, -0.2) is 31.2 Å². The second-order valence-electron chi connectivity index (χ2n) is 5.12. The molecule has 2 rings (SSSR count). The first kappa shape index (κ1) is 15.1. The number of hydrogen-bond acceptors (Lipinski definition) is 5. The number of aromatic nitrogens is 2. The fourth-order valence-electron chi connectivity index (χ4n) is 2.31. The van der Waals surface area contributed by atoms with Gasteiger partial charge in [0.2, 0.25) is 0 Å². The molecule has 0 saturated heterocycles. The van der Waals surface area contributed by atoms with Crippen LogP contribution in [0.4, 0.5) is 17.3 Å². The smallest absolute Gasteiger partial charge is 0.141 e. The molecule has 0 radical (unpaired) electrons. The molecular weight excluding hydrogens is 264 g/mol. The van der Waals surface area contributed by atoms with Crippen molar-refractivity contribution in [2.24, 2.45) is 0 Å². The summed E-state index contributed by atoms with van der Waals surface area (Å²) in [5.74, 6) is 2.95. The summed E-state index contributed by atoms with van der Waals surface area (Å²) in [5.41, 5.74) is 2.16. The second-order valence-corrected chi connectivity index (χ2v) is 5.12. The third-order valence-electron chi connectivity index (χ3n) is 3.45. The highest BCUT2D eigenvalue weighted by Gasteiger charge is 2.18. The van der Waals surface area contributed by atoms with Crippen molar-refractivity contribution in [2.45, 2.75) is 19.8 Å². The van der Waals surface area contributed by atoms with E-state index in [0.29, 0.717) is 5.92 Å². The van der Waals surface area contributed by atoms with Gasteiger partial charge in [0.05, 0.1) is 7.11 Å². The van der Waals surface area contributed by atoms with Crippen LogP contribution < -0.4 is 15.0 Å². The van der Waals surface area contributed by atoms with Crippen LogP contribution in [0.5, 0.6) is 5.75 Å². The standard InChI is InChI=1S/C16H22N4O/c1-11(2)14-15(17-3)18-10-19-16(14)20(4)12-6-8-13(21-5)9-7-12/h6-11H,1-5H3,(H,17,18,19). The minimum Gasteiger partial charge on any atom is -0.497 e. The Morgan fingerprint density at radius 1 is 1.14 bits per heavy atom. The van der Waals surface area contributed by atoms with Crippen molar-refractivity contribution in [3.05, 3.63) is 36.2 Å². The van der Waals surface area contributed by atoms with E-state index in [4.69, 9.17) is 4.74 Å². The fourth-order valence-corrected chi connectivity index (χ4v) is 2.31. The van der Waals surface area contributed by atoms with Crippen molar-refractivity contribution in [1.29, 1.82) is 0 Å². The maximum Gasteiger partial charge on any atom is 0.141 e. The van der Waals surface area contributed by atoms with E-state index in [1.165, 1.54) is 0 Å². The Labute approximate surface area is 126 Å². The lowest BCUT2D eigenvalue weighted by Crippen LogP contribution is -2.16. The molecule has 0 saturated carbocycles. The number of nitrogens with zero attached hydrogens (tertiary/aromatic N) is 3. The highest BCUT2D eigenvalue weighted by atomic mass is 16.5. The summed E-state index contributed by atoms with van der Waals surface area (Å²) in [7, 11) is 5.56. The van der Waals surface area contributed by atoms with E-state index in [1.807, 2.05) is 38.4 Å². The number of nitrogens with one attached hydrogen (secondary N) is 1. The molecule has 2 aromatic rings. The number of anilines is 3. The van der Waals surface area contributed by atoms with Crippen LogP contribution in [0.1, 0.15) is 25.3 Å². The molecule has 1 N–H and O–H groups in total. The number of hydrogen-bond donors (Lipinski definition) is 1. The molecule has 5 nitrogen and oxygen atoms in total. The van der Waals surface area contributed by atoms with E-state index >= 15 is 0 Å². The molecule has 5 heteroatoms. The van der Waals surface area contributed by atoms with Crippen LogP contribution >= 0.6 is 0 Å². The van der Waals surface area contributed by atoms with E-state index in [-0.39, 0.29) is 0 Å². The van der Waals surface area contributed by atoms with Crippen molar-refractivity contribution >= 4 is 17.3 Å². The number of ether oxygens (including phenoxy) is 1. The summed E-state index contributed by atoms with van der Waals surface area (Å²) in [6, 6.07) is 7.93. The van der Waals surface area contributed by atoms with Gasteiger partial charge in [-0.1, -0.05) is 13.8 Å². The average molecular weight is 286 g/mol. The van der Waals surface area contributed by atoms with Gasteiger partial charge in [-0.25, -0.2) is 9.97 Å². The van der Waals surface area contributed by atoms with Gasteiger partial charge >= 0.3 is 0 Å². The number of rotatable bonds is 5. The molecule has 0 aliphatic heterocycles. The van der Waals surface area contributed by atoms with Gasteiger partial charge in [0.15, 0.2) is 0 Å². The van der Waals surface area contributed by atoms with Crippen molar-refractivity contribution in [3.8, 4) is 5.75 Å². The van der Waals surface area contributed by atoms with Gasteiger partial charge in [-0.3, -0.25) is 0 Å². The van der Waals surface area contributed by atoms with E-state index in [1.54, 1.807) is 13.4 Å². The first-order valence-electron chi connectivity index (χ1n) is 6.99. The Kier molecular flexibility index (Phi) is 4.62. The molecule has 1 heterocycles. The van der Waals surface area contributed by atoms with Crippen LogP contribution in [0.25, 0.3) is 0 Å². The Bertz CT molecular complexity index is 596. The topological polar surface area (TPSA) is 50.3 Å². The number of benzene rings is 1. The van der Waals surface area contributed by atoms with E-state index < -0.39 is 0 Å². The molecule has 1 aromatic carbocycles. The van der Waals surface area contributed by atoms with Crippen LogP contribution in [0.3, 0.4) is 0 Å². The molecule has 0 atom stereocenters. The third-order valence-corrected chi connectivity index (χ3v) is 3.45. The maximum absolute atomic E-state index is 5.20. The molecule has 1 aromatic heterocycles. The molecule has 0 amide bonds. The van der Waals surface area contributed by atoms with Crippen molar-refractivity contribution in [1.82, 2.24) is 9.97 Å². The summed E-state index contributed by atoms with van der Waals surface area (Å²) < 4.78 is 5.20. The zero-order valence-electron chi connectivity index (χ0n) is 13.2. The van der Waals surface area contributed by atoms with Gasteiger partial charge in [0.1, 0.15) is 23.7 Å². The largest absolute Gasteiger partial charge is 0.497 e. The summed E-state index contributed by atoms with van der Waals surface area (Å²) in [6.07, 6.45) is 1.59. The Morgan fingerprint density at radius 3 is 2.33 bits per heavy atom. The van der Waals surface area contributed by atoms with Crippen molar-refractivity contribution < 1.29 is 4.74 Å². The van der Waals surface area contributed by atoms with Crippen LogP contribution in [0.2, 0.25) is 0 Å². The van der Waals surface area contributed by atoms with E-state index in [0.717, 1.165) is 28.6 Å². The van der Waals surface area contributed by atoms with Crippen LogP contribution in [0.15, 0.2) is 30.6 Å². The molecule has 112 valence electrons. The quantitative estimate of drug-likeness (QED) is 0.912. The van der Waals surface area contributed by atoms with E-state index in [2.05, 4.69) is 34.0 Å². The molecule has 0 aliphatic rings. The summed E-state index contributed by atoms with van der Waals surface area (Å²) in [6.45, 7) is 4.29. The predicted octanol–water partition coefficient (Wildman–Crippen LogP) is 3.42. The summed E-state index contributed by atoms with van der Waals surface area (Å²) in [4.78, 5) is 10.9. The Balaban J connectivity index is 2.44. The SMILES string of the molecule is CNc1ncnc(N(C)c2ccc(OC)cc2)c1C(C)C. The molecule has 0 aliphatic carbocycles. The zero-order chi connectivity index (χ0) is 15.4. The molecule has 0 fully saturated rings. The van der Waals surface area contributed by atoms with Gasteiger partial charge in [0, 0.05) is 25.3 Å². The Morgan fingerprint density at radius 2 is 1.81 bits per heavy atom. The zero-order valence-corrected chi connectivity index (χ0v) is 13.2. The highest BCUT2D eigenvalue weighted by molar-refractivity contribution is 5.68. The number of methoxy groups -OCH3 is 1. The maximum atomic E-state index is 5.20. The lowest BCUT2D eigenvalue weighted by atomic mass is 10.0. The first-order chi connectivity index (χ1) is 10.1. The fraction of sp³-hybridized carbons (Fsp3) is 0.375. The van der Waals surface area contributed by atoms with Crippen LogP contribution in [0, 0.1) is 0 Å². The summed E-state index contributed by atoms with van der Waals surface area (Å²) in [5, 5.41) is 3.14. The van der Waals surface area contributed by atoms with Gasteiger partial charge in [-0.15, -0.1) is 0 Å². The third kappa shape index (κ3) is 3.07. The lowest BCUT2D eigenvalue weighted by molar-refractivity contribution is 0.415. The highest BCUT2D eigenvalue weighted by Crippen LogP contribution is 2.33. The summed E-state index contributed by atoms with van der Waals surface area (Å²) >= 11 is 0. The van der Waals surface area contributed by atoms with Crippen molar-refractivity contribution in [2.75, 3.05) is 31.4 Å². The van der Waals surface area contributed by atoms with Crippen molar-refractivity contribution in [3.63, 3.8) is 0 Å². The molecular formula is C16H22N4O. The Hall–Kier alpha value is -2.30. The monoisotopic (exact) mass is 286 g/mol. The lowest BCUT2D eigenvalue weighted by Gasteiger charge is -2.24. The molecule has 0 spiro atoms. The minimum absolute atomic E-state index is 0.323. The van der Waals surface area contributed by atoms with Gasteiger partial charge in [-0.2, -0.15) is 0 Å². The van der Waals surface area contributed by atoms with Gasteiger partial charge in [0.25, 0.3) is 0 Å². The normalized spacial score (nSPS) is 10.6.